The highest BCUT2D eigenvalue weighted by Crippen LogP contribution is 2.21. The van der Waals surface area contributed by atoms with Crippen LogP contribution in [0.25, 0.3) is 0 Å². The van der Waals surface area contributed by atoms with Gasteiger partial charge in [0.05, 0.1) is 0 Å². The first-order valence-electron chi connectivity index (χ1n) is 6.17. The molecule has 0 aliphatic carbocycles. The van der Waals surface area contributed by atoms with E-state index in [9.17, 15) is 9.59 Å². The average molecular weight is 272 g/mol. The molecule has 6 nitrogen and oxygen atoms in total. The number of amides is 2. The number of carbonyl (C=O) groups is 1. The van der Waals surface area contributed by atoms with E-state index in [1.54, 1.807) is 0 Å². The molecule has 0 aliphatic heterocycles. The number of aromatic amines is 1. The smallest absolute Gasteiger partial charge is 0.307 e. The van der Waals surface area contributed by atoms with E-state index >= 15 is 0 Å². The minimum Gasteiger partial charge on any atom is -0.307 e. The third-order valence-electron chi connectivity index (χ3n) is 2.84. The Hall–Kier alpha value is -2.63. The lowest BCUT2D eigenvalue weighted by Crippen LogP contribution is -2.22. The minimum atomic E-state index is -0.403. The summed E-state index contributed by atoms with van der Waals surface area (Å²) in [4.78, 5) is 22.8. The topological polar surface area (TPSA) is 86.9 Å². The number of aryl methyl sites for hydroxylation is 3. The summed E-state index contributed by atoms with van der Waals surface area (Å²) in [5.74, 6) is 0.282. The Bertz CT molecular complexity index is 663. The van der Waals surface area contributed by atoms with Gasteiger partial charge in [0.1, 0.15) is 0 Å². The fraction of sp³-hybridized carbons (Fsp3) is 0.214. The van der Waals surface area contributed by atoms with Crippen molar-refractivity contribution in [3.8, 4) is 0 Å². The molecule has 2 aromatic rings. The monoisotopic (exact) mass is 272 g/mol. The quantitative estimate of drug-likeness (QED) is 0.784. The molecule has 0 spiro atoms. The van der Waals surface area contributed by atoms with Gasteiger partial charge in [0, 0.05) is 11.8 Å². The van der Waals surface area contributed by atoms with E-state index < -0.39 is 6.03 Å². The number of H-pyrrole nitrogens is 1. The first kappa shape index (κ1) is 13.8. The summed E-state index contributed by atoms with van der Waals surface area (Å²) < 4.78 is 0. The fourth-order valence-corrected chi connectivity index (χ4v) is 2.05. The van der Waals surface area contributed by atoms with Crippen LogP contribution in [0.5, 0.6) is 0 Å². The molecule has 0 saturated carbocycles. The van der Waals surface area contributed by atoms with Crippen LogP contribution in [0, 0.1) is 20.8 Å². The SMILES string of the molecule is Cc1cc(C)c(NC(=O)Nc2ccc(=O)[nH]n2)c(C)c1. The van der Waals surface area contributed by atoms with E-state index in [1.807, 2.05) is 32.9 Å². The largest absolute Gasteiger partial charge is 0.324 e. The molecule has 3 N–H and O–H groups in total. The summed E-state index contributed by atoms with van der Waals surface area (Å²) in [5.41, 5.74) is 3.59. The van der Waals surface area contributed by atoms with Gasteiger partial charge in [0.15, 0.2) is 5.82 Å². The summed E-state index contributed by atoms with van der Waals surface area (Å²) in [6, 6.07) is 6.33. The molecule has 0 atom stereocenters. The van der Waals surface area contributed by atoms with Crippen LogP contribution in [0.2, 0.25) is 0 Å². The van der Waals surface area contributed by atoms with E-state index in [1.165, 1.54) is 12.1 Å². The van der Waals surface area contributed by atoms with Gasteiger partial charge in [-0.25, -0.2) is 9.89 Å². The molecule has 0 saturated heterocycles. The van der Waals surface area contributed by atoms with Crippen LogP contribution < -0.4 is 16.2 Å². The van der Waals surface area contributed by atoms with E-state index in [2.05, 4.69) is 20.8 Å². The van der Waals surface area contributed by atoms with Crippen LogP contribution in [0.1, 0.15) is 16.7 Å². The lowest BCUT2D eigenvalue weighted by Gasteiger charge is -2.13. The Balaban J connectivity index is 2.12. The first-order chi connectivity index (χ1) is 9.45. The summed E-state index contributed by atoms with van der Waals surface area (Å²) in [5, 5.41) is 11.3. The number of carbonyl (C=O) groups excluding carboxylic acids is 1. The van der Waals surface area contributed by atoms with Crippen molar-refractivity contribution in [1.29, 1.82) is 0 Å². The molecule has 1 heterocycles. The number of hydrogen-bond donors (Lipinski definition) is 3. The van der Waals surface area contributed by atoms with Gasteiger partial charge in [-0.2, -0.15) is 5.10 Å². The molecule has 0 unspecified atom stereocenters. The standard InChI is InChI=1S/C14H16N4O2/c1-8-6-9(2)13(10(3)7-8)16-14(20)15-11-4-5-12(19)18-17-11/h4-7H,1-3H3,(H,18,19)(H2,15,16,17,20). The zero-order chi connectivity index (χ0) is 14.7. The van der Waals surface area contributed by atoms with Gasteiger partial charge in [0.25, 0.3) is 5.56 Å². The molecule has 2 amide bonds. The first-order valence-corrected chi connectivity index (χ1v) is 6.17. The molecular formula is C14H16N4O2. The summed E-state index contributed by atoms with van der Waals surface area (Å²) >= 11 is 0. The second kappa shape index (κ2) is 5.56. The number of aromatic nitrogens is 2. The van der Waals surface area contributed by atoms with Crippen LogP contribution in [0.15, 0.2) is 29.1 Å². The van der Waals surface area contributed by atoms with E-state index in [4.69, 9.17) is 0 Å². The van der Waals surface area contributed by atoms with Crippen LogP contribution in [-0.2, 0) is 0 Å². The number of hydrogen-bond acceptors (Lipinski definition) is 3. The van der Waals surface area contributed by atoms with Crippen LogP contribution >= 0.6 is 0 Å². The number of urea groups is 1. The van der Waals surface area contributed by atoms with Crippen molar-refractivity contribution in [3.63, 3.8) is 0 Å². The van der Waals surface area contributed by atoms with Gasteiger partial charge in [-0.15, -0.1) is 0 Å². The molecule has 2 rings (SSSR count). The number of rotatable bonds is 2. The maximum absolute atomic E-state index is 11.9. The second-order valence-corrected chi connectivity index (χ2v) is 4.66. The zero-order valence-corrected chi connectivity index (χ0v) is 11.6. The molecule has 20 heavy (non-hydrogen) atoms. The van der Waals surface area contributed by atoms with E-state index in [0.717, 1.165) is 22.4 Å². The lowest BCUT2D eigenvalue weighted by molar-refractivity contribution is 0.262. The maximum Gasteiger partial charge on any atom is 0.324 e. The number of nitrogens with zero attached hydrogens (tertiary/aromatic N) is 1. The number of anilines is 2. The van der Waals surface area contributed by atoms with Crippen LogP contribution in [-0.4, -0.2) is 16.2 Å². The fourth-order valence-electron chi connectivity index (χ4n) is 2.05. The molecule has 1 aromatic heterocycles. The Morgan fingerprint density at radius 1 is 1.10 bits per heavy atom. The predicted molar refractivity (Wildman–Crippen MR) is 78.2 cm³/mol. The van der Waals surface area contributed by atoms with Gasteiger partial charge < -0.3 is 5.32 Å². The van der Waals surface area contributed by atoms with Crippen molar-refractivity contribution in [1.82, 2.24) is 10.2 Å². The molecule has 0 fully saturated rings. The average Bonchev–Trinajstić information content (AvgIpc) is 2.36. The van der Waals surface area contributed by atoms with Crippen molar-refractivity contribution < 1.29 is 4.79 Å². The Morgan fingerprint density at radius 2 is 1.75 bits per heavy atom. The highest BCUT2D eigenvalue weighted by molar-refractivity contribution is 6.00. The predicted octanol–water partition coefficient (Wildman–Crippen LogP) is 2.34. The van der Waals surface area contributed by atoms with Crippen molar-refractivity contribution in [2.24, 2.45) is 0 Å². The minimum absolute atomic E-state index is 0.282. The van der Waals surface area contributed by atoms with Crippen LogP contribution in [0.4, 0.5) is 16.3 Å². The third-order valence-corrected chi connectivity index (χ3v) is 2.84. The van der Waals surface area contributed by atoms with Gasteiger partial charge in [-0.1, -0.05) is 17.7 Å². The van der Waals surface area contributed by atoms with Crippen LogP contribution in [0.3, 0.4) is 0 Å². The van der Waals surface area contributed by atoms with Crippen molar-refractivity contribution >= 4 is 17.5 Å². The normalized spacial score (nSPS) is 10.2. The second-order valence-electron chi connectivity index (χ2n) is 4.66. The van der Waals surface area contributed by atoms with E-state index in [0.29, 0.717) is 0 Å². The summed E-state index contributed by atoms with van der Waals surface area (Å²) in [7, 11) is 0. The van der Waals surface area contributed by atoms with Crippen molar-refractivity contribution in [3.05, 3.63) is 51.3 Å². The zero-order valence-electron chi connectivity index (χ0n) is 11.6. The van der Waals surface area contributed by atoms with E-state index in [-0.39, 0.29) is 11.4 Å². The molecule has 6 heteroatoms. The molecular weight excluding hydrogens is 256 g/mol. The van der Waals surface area contributed by atoms with Gasteiger partial charge in [-0.05, 0) is 38.0 Å². The van der Waals surface area contributed by atoms with Gasteiger partial charge in [-0.3, -0.25) is 10.1 Å². The Kier molecular flexibility index (Phi) is 3.84. The maximum atomic E-state index is 11.9. The van der Waals surface area contributed by atoms with Crippen molar-refractivity contribution in [2.45, 2.75) is 20.8 Å². The van der Waals surface area contributed by atoms with Gasteiger partial charge >= 0.3 is 6.03 Å². The molecule has 104 valence electrons. The Morgan fingerprint density at radius 3 is 2.30 bits per heavy atom. The molecule has 1 aromatic carbocycles. The number of nitrogens with one attached hydrogen (secondary N) is 3. The summed E-state index contributed by atoms with van der Waals surface area (Å²) in [6.45, 7) is 5.88. The Labute approximate surface area is 116 Å². The molecule has 0 aliphatic rings. The third kappa shape index (κ3) is 3.23. The lowest BCUT2D eigenvalue weighted by atomic mass is 10.1. The highest BCUT2D eigenvalue weighted by atomic mass is 16.2. The molecule has 0 radical (unpaired) electrons. The molecule has 0 bridgehead atoms. The highest BCUT2D eigenvalue weighted by Gasteiger charge is 2.08. The van der Waals surface area contributed by atoms with Crippen molar-refractivity contribution in [2.75, 3.05) is 10.6 Å². The summed E-state index contributed by atoms with van der Waals surface area (Å²) in [6.07, 6.45) is 0. The number of benzene rings is 1. The van der Waals surface area contributed by atoms with Gasteiger partial charge in [0.2, 0.25) is 0 Å².